The van der Waals surface area contributed by atoms with E-state index in [9.17, 15) is 19.5 Å². The van der Waals surface area contributed by atoms with Gasteiger partial charge in [0.2, 0.25) is 0 Å². The van der Waals surface area contributed by atoms with Crippen molar-refractivity contribution in [3.63, 3.8) is 0 Å². The minimum absolute atomic E-state index is 0.0672. The van der Waals surface area contributed by atoms with Crippen LogP contribution in [0.1, 0.15) is 53.9 Å². The molecule has 0 radical (unpaired) electrons. The van der Waals surface area contributed by atoms with E-state index in [0.717, 1.165) is 23.1 Å². The quantitative estimate of drug-likeness (QED) is 0.565. The van der Waals surface area contributed by atoms with Crippen molar-refractivity contribution in [1.82, 2.24) is 4.90 Å². The van der Waals surface area contributed by atoms with Crippen molar-refractivity contribution in [2.24, 2.45) is 0 Å². The van der Waals surface area contributed by atoms with Gasteiger partial charge in [0.1, 0.15) is 11.7 Å². The lowest BCUT2D eigenvalue weighted by molar-refractivity contribution is 0.0123. The molecule has 0 aliphatic heterocycles. The monoisotopic (exact) mass is 477 g/mol. The zero-order chi connectivity index (χ0) is 24.8. The van der Waals surface area contributed by atoms with Crippen molar-refractivity contribution in [3.8, 4) is 0 Å². The number of benzene rings is 2. The largest absolute Gasteiger partial charge is 0.478 e. The number of amides is 2. The second kappa shape index (κ2) is 11.2. The number of imide groups is 1. The number of carbonyl (C=O) groups is 3. The molecule has 1 N–H and O–H groups in total. The zero-order valence-corrected chi connectivity index (χ0v) is 20.0. The third-order valence-electron chi connectivity index (χ3n) is 4.57. The van der Waals surface area contributed by atoms with Crippen LogP contribution in [0.2, 0.25) is 5.02 Å². The fourth-order valence-corrected chi connectivity index (χ4v) is 3.22. The SMILES string of the molecule is COC(=O)N(CCOC(c1cccc(C(=O)O)c1)c1cc(Cl)ccc1C)C(=O)OC(C)(C)C. The van der Waals surface area contributed by atoms with Gasteiger partial charge in [-0.15, -0.1) is 0 Å². The van der Waals surface area contributed by atoms with Crippen molar-refractivity contribution in [2.45, 2.75) is 39.4 Å². The molecule has 2 aromatic carbocycles. The summed E-state index contributed by atoms with van der Waals surface area (Å²) in [7, 11) is 1.16. The molecule has 0 saturated carbocycles. The van der Waals surface area contributed by atoms with E-state index in [1.54, 1.807) is 45.0 Å². The maximum atomic E-state index is 12.5. The predicted octanol–water partition coefficient (Wildman–Crippen LogP) is 5.46. The van der Waals surface area contributed by atoms with Crippen LogP contribution >= 0.6 is 11.6 Å². The van der Waals surface area contributed by atoms with Gasteiger partial charge in [-0.1, -0.05) is 29.8 Å². The Labute approximate surface area is 198 Å². The van der Waals surface area contributed by atoms with Gasteiger partial charge in [0.05, 0.1) is 25.8 Å². The number of ether oxygens (including phenoxy) is 3. The Morgan fingerprint density at radius 3 is 2.39 bits per heavy atom. The second-order valence-electron chi connectivity index (χ2n) is 8.28. The Morgan fingerprint density at radius 2 is 1.79 bits per heavy atom. The van der Waals surface area contributed by atoms with Crippen LogP contribution in [0.5, 0.6) is 0 Å². The number of carbonyl (C=O) groups excluding carboxylic acids is 2. The summed E-state index contributed by atoms with van der Waals surface area (Å²) in [5.41, 5.74) is 1.49. The molecular weight excluding hydrogens is 450 g/mol. The van der Waals surface area contributed by atoms with E-state index in [4.69, 9.17) is 25.8 Å². The zero-order valence-electron chi connectivity index (χ0n) is 19.3. The maximum Gasteiger partial charge on any atom is 0.419 e. The lowest BCUT2D eigenvalue weighted by Crippen LogP contribution is -2.42. The normalized spacial score (nSPS) is 12.1. The summed E-state index contributed by atoms with van der Waals surface area (Å²) in [5, 5.41) is 9.87. The summed E-state index contributed by atoms with van der Waals surface area (Å²) in [5.74, 6) is -1.07. The average molecular weight is 478 g/mol. The molecule has 0 fully saturated rings. The number of nitrogens with zero attached hydrogens (tertiary/aromatic N) is 1. The maximum absolute atomic E-state index is 12.5. The summed E-state index contributed by atoms with van der Waals surface area (Å²) >= 11 is 6.20. The van der Waals surface area contributed by atoms with Crippen LogP contribution in [-0.2, 0) is 14.2 Å². The average Bonchev–Trinajstić information content (AvgIpc) is 2.74. The molecule has 33 heavy (non-hydrogen) atoms. The first-order chi connectivity index (χ1) is 15.4. The van der Waals surface area contributed by atoms with Gasteiger partial charge in [-0.25, -0.2) is 19.3 Å². The standard InChI is InChI=1S/C24H28ClNO7/c1-15-9-10-18(25)14-19(15)20(16-7-6-8-17(13-16)21(27)28)32-12-11-26(22(29)31-5)23(30)33-24(2,3)4/h6-10,13-14,20H,11-12H2,1-5H3,(H,27,28). The van der Waals surface area contributed by atoms with Crippen LogP contribution < -0.4 is 0 Å². The Bertz CT molecular complexity index is 1020. The van der Waals surface area contributed by atoms with Gasteiger partial charge in [-0.05, 0) is 68.7 Å². The Hall–Kier alpha value is -3.10. The molecule has 2 aromatic rings. The van der Waals surface area contributed by atoms with E-state index in [2.05, 4.69) is 0 Å². The first-order valence-electron chi connectivity index (χ1n) is 10.2. The van der Waals surface area contributed by atoms with Crippen molar-refractivity contribution in [2.75, 3.05) is 20.3 Å². The minimum Gasteiger partial charge on any atom is -0.478 e. The van der Waals surface area contributed by atoms with Gasteiger partial charge in [-0.2, -0.15) is 0 Å². The van der Waals surface area contributed by atoms with Crippen molar-refractivity contribution < 1.29 is 33.7 Å². The molecular formula is C24H28ClNO7. The molecule has 1 atom stereocenters. The highest BCUT2D eigenvalue weighted by Gasteiger charge is 2.28. The molecule has 8 nitrogen and oxygen atoms in total. The number of hydrogen-bond acceptors (Lipinski definition) is 6. The number of hydrogen-bond donors (Lipinski definition) is 1. The van der Waals surface area contributed by atoms with Gasteiger partial charge in [0.15, 0.2) is 0 Å². The first-order valence-corrected chi connectivity index (χ1v) is 10.6. The second-order valence-corrected chi connectivity index (χ2v) is 8.72. The number of aromatic carboxylic acids is 1. The molecule has 0 heterocycles. The first kappa shape index (κ1) is 26.2. The molecule has 0 bridgehead atoms. The molecule has 9 heteroatoms. The smallest absolute Gasteiger partial charge is 0.419 e. The Balaban J connectivity index is 2.32. The molecule has 0 saturated heterocycles. The molecule has 0 spiro atoms. The summed E-state index contributed by atoms with van der Waals surface area (Å²) in [6.07, 6.45) is -2.43. The van der Waals surface area contributed by atoms with Gasteiger partial charge in [-0.3, -0.25) is 0 Å². The minimum atomic E-state index is -1.07. The number of methoxy groups -OCH3 is 1. The number of aryl methyl sites for hydroxylation is 1. The highest BCUT2D eigenvalue weighted by molar-refractivity contribution is 6.30. The number of carboxylic acid groups (broad SMARTS) is 1. The molecule has 2 rings (SSSR count). The topological polar surface area (TPSA) is 102 Å². The van der Waals surface area contributed by atoms with E-state index < -0.39 is 29.9 Å². The van der Waals surface area contributed by atoms with Crippen LogP contribution in [0.15, 0.2) is 42.5 Å². The lowest BCUT2D eigenvalue weighted by Gasteiger charge is -2.26. The fraction of sp³-hybridized carbons (Fsp3) is 0.375. The van der Waals surface area contributed by atoms with E-state index >= 15 is 0 Å². The summed E-state index contributed by atoms with van der Waals surface area (Å²) in [6.45, 7) is 6.72. The number of carboxylic acids is 1. The lowest BCUT2D eigenvalue weighted by atomic mass is 9.96. The Kier molecular flexibility index (Phi) is 8.84. The van der Waals surface area contributed by atoms with Gasteiger partial charge in [0, 0.05) is 5.02 Å². The van der Waals surface area contributed by atoms with Crippen molar-refractivity contribution in [3.05, 3.63) is 69.7 Å². The van der Waals surface area contributed by atoms with Crippen molar-refractivity contribution >= 4 is 29.8 Å². The van der Waals surface area contributed by atoms with E-state index in [1.165, 1.54) is 12.1 Å². The van der Waals surface area contributed by atoms with Crippen LogP contribution in [0.3, 0.4) is 0 Å². The molecule has 1 unspecified atom stereocenters. The van der Waals surface area contributed by atoms with E-state index in [-0.39, 0.29) is 18.7 Å². The van der Waals surface area contributed by atoms with E-state index in [0.29, 0.717) is 10.6 Å². The predicted molar refractivity (Wildman–Crippen MR) is 123 cm³/mol. The molecule has 0 aliphatic carbocycles. The highest BCUT2D eigenvalue weighted by Crippen LogP contribution is 2.31. The fourth-order valence-electron chi connectivity index (χ4n) is 3.04. The highest BCUT2D eigenvalue weighted by atomic mass is 35.5. The third kappa shape index (κ3) is 7.47. The van der Waals surface area contributed by atoms with Gasteiger partial charge in [0.25, 0.3) is 0 Å². The van der Waals surface area contributed by atoms with Crippen molar-refractivity contribution in [1.29, 1.82) is 0 Å². The Morgan fingerprint density at radius 1 is 1.09 bits per heavy atom. The molecule has 178 valence electrons. The van der Waals surface area contributed by atoms with Gasteiger partial charge < -0.3 is 19.3 Å². The van der Waals surface area contributed by atoms with Crippen LogP contribution in [0.25, 0.3) is 0 Å². The summed E-state index contributed by atoms with van der Waals surface area (Å²) < 4.78 is 16.1. The van der Waals surface area contributed by atoms with E-state index in [1.807, 2.05) is 13.0 Å². The third-order valence-corrected chi connectivity index (χ3v) is 4.80. The van der Waals surface area contributed by atoms with Crippen LogP contribution in [0, 0.1) is 6.92 Å². The molecule has 2 amide bonds. The summed E-state index contributed by atoms with van der Waals surface area (Å²) in [6, 6.07) is 11.7. The van der Waals surface area contributed by atoms with Crippen LogP contribution in [-0.4, -0.2) is 54.0 Å². The molecule has 0 aliphatic rings. The number of halogens is 1. The molecule has 0 aromatic heterocycles. The number of rotatable bonds is 7. The summed E-state index contributed by atoms with van der Waals surface area (Å²) in [4.78, 5) is 36.9. The van der Waals surface area contributed by atoms with Crippen LogP contribution in [0.4, 0.5) is 9.59 Å². The van der Waals surface area contributed by atoms with Gasteiger partial charge >= 0.3 is 18.2 Å².